The predicted octanol–water partition coefficient (Wildman–Crippen LogP) is 2.02. The highest BCUT2D eigenvalue weighted by Gasteiger charge is 2.40. The number of hydrogen-bond donors (Lipinski definition) is 0. The van der Waals surface area contributed by atoms with Crippen LogP contribution in [0.15, 0.2) is 10.3 Å². The van der Waals surface area contributed by atoms with Crippen LogP contribution in [0.1, 0.15) is 35.0 Å². The lowest BCUT2D eigenvalue weighted by molar-refractivity contribution is 0.0602. The first kappa shape index (κ1) is 14.5. The zero-order valence-corrected chi connectivity index (χ0v) is 12.8. The first-order valence-corrected chi connectivity index (χ1v) is 8.43. The molecule has 0 radical (unpaired) electrons. The Hall–Kier alpha value is -0.920. The van der Waals surface area contributed by atoms with E-state index in [1.54, 1.807) is 12.3 Å². The molecule has 2 rings (SSSR count). The first-order valence-electron chi connectivity index (χ1n) is 6.11. The summed E-state index contributed by atoms with van der Waals surface area (Å²) in [5.74, 6) is -0.594. The van der Waals surface area contributed by atoms with Crippen molar-refractivity contribution in [1.29, 1.82) is 0 Å². The Morgan fingerprint density at radius 2 is 2.16 bits per heavy atom. The number of rotatable bonds is 5. The molecule has 0 aliphatic heterocycles. The summed E-state index contributed by atoms with van der Waals surface area (Å²) in [5, 5.41) is 1.68. The van der Waals surface area contributed by atoms with E-state index in [0.29, 0.717) is 12.1 Å². The summed E-state index contributed by atoms with van der Waals surface area (Å²) in [6.07, 6.45) is 1.79. The number of nitrogens with zero attached hydrogens (tertiary/aromatic N) is 1. The van der Waals surface area contributed by atoms with E-state index in [9.17, 15) is 13.2 Å². The van der Waals surface area contributed by atoms with Crippen LogP contribution in [-0.4, -0.2) is 38.4 Å². The SMILES string of the molecule is CCN(C1CC1)S(=O)(=O)c1c(C)csc1C(=O)OC. The van der Waals surface area contributed by atoms with Crippen LogP contribution in [0, 0.1) is 6.92 Å². The number of methoxy groups -OCH3 is 1. The number of hydrogen-bond acceptors (Lipinski definition) is 5. The minimum absolute atomic E-state index is 0.0831. The maximum absolute atomic E-state index is 12.7. The van der Waals surface area contributed by atoms with Crippen molar-refractivity contribution in [3.05, 3.63) is 15.8 Å². The molecular formula is C12H17NO4S2. The fraction of sp³-hybridized carbons (Fsp3) is 0.583. The Kier molecular flexibility index (Phi) is 3.98. The summed E-state index contributed by atoms with van der Waals surface area (Å²) in [7, 11) is -2.36. The van der Waals surface area contributed by atoms with E-state index < -0.39 is 16.0 Å². The van der Waals surface area contributed by atoms with Gasteiger partial charge < -0.3 is 4.74 Å². The fourth-order valence-corrected chi connectivity index (χ4v) is 5.45. The van der Waals surface area contributed by atoms with E-state index in [1.165, 1.54) is 11.4 Å². The van der Waals surface area contributed by atoms with Crippen LogP contribution in [0.3, 0.4) is 0 Å². The van der Waals surface area contributed by atoms with E-state index in [-0.39, 0.29) is 15.8 Å². The average Bonchev–Trinajstić information content (AvgIpc) is 3.10. The molecule has 0 N–H and O–H groups in total. The van der Waals surface area contributed by atoms with Gasteiger partial charge >= 0.3 is 5.97 Å². The molecule has 0 atom stereocenters. The van der Waals surface area contributed by atoms with Crippen molar-refractivity contribution in [3.8, 4) is 0 Å². The van der Waals surface area contributed by atoms with Crippen LogP contribution in [0.5, 0.6) is 0 Å². The van der Waals surface area contributed by atoms with Gasteiger partial charge in [-0.2, -0.15) is 4.31 Å². The molecule has 5 nitrogen and oxygen atoms in total. The highest BCUT2D eigenvalue weighted by Crippen LogP contribution is 2.36. The number of carbonyl (C=O) groups excluding carboxylic acids is 1. The maximum Gasteiger partial charge on any atom is 0.349 e. The Morgan fingerprint density at radius 1 is 1.53 bits per heavy atom. The van der Waals surface area contributed by atoms with Crippen molar-refractivity contribution in [2.24, 2.45) is 0 Å². The van der Waals surface area contributed by atoms with Crippen molar-refractivity contribution in [3.63, 3.8) is 0 Å². The van der Waals surface area contributed by atoms with Crippen LogP contribution in [0.4, 0.5) is 0 Å². The molecule has 0 unspecified atom stereocenters. The number of thiophene rings is 1. The third-order valence-electron chi connectivity index (χ3n) is 3.12. The Bertz CT molecular complexity index is 587. The third-order valence-corrected chi connectivity index (χ3v) is 6.54. The minimum atomic E-state index is -3.62. The molecule has 7 heteroatoms. The molecule has 0 bridgehead atoms. The molecule has 0 spiro atoms. The minimum Gasteiger partial charge on any atom is -0.465 e. The zero-order valence-electron chi connectivity index (χ0n) is 11.2. The molecule has 1 aliphatic rings. The summed E-state index contributed by atoms with van der Waals surface area (Å²) in [6.45, 7) is 3.94. The molecule has 0 aromatic carbocycles. The highest BCUT2D eigenvalue weighted by molar-refractivity contribution is 7.89. The highest BCUT2D eigenvalue weighted by atomic mass is 32.2. The molecule has 1 heterocycles. The average molecular weight is 303 g/mol. The Balaban J connectivity index is 2.50. The molecule has 0 amide bonds. The van der Waals surface area contributed by atoms with Gasteiger partial charge in [-0.25, -0.2) is 13.2 Å². The van der Waals surface area contributed by atoms with Gasteiger partial charge in [-0.15, -0.1) is 11.3 Å². The van der Waals surface area contributed by atoms with E-state index in [4.69, 9.17) is 0 Å². The lowest BCUT2D eigenvalue weighted by Crippen LogP contribution is -2.33. The number of ether oxygens (including phenoxy) is 1. The second-order valence-corrected chi connectivity index (χ2v) is 7.22. The van der Waals surface area contributed by atoms with Crippen LogP contribution in [0.25, 0.3) is 0 Å². The van der Waals surface area contributed by atoms with Crippen molar-refractivity contribution in [2.75, 3.05) is 13.7 Å². The van der Waals surface area contributed by atoms with E-state index in [2.05, 4.69) is 4.74 Å². The standard InChI is InChI=1S/C12H17NO4S2/c1-4-13(9-5-6-9)19(15,16)11-8(2)7-18-10(11)12(14)17-3/h7,9H,4-6H2,1-3H3. The number of carbonyl (C=O) groups is 1. The fourth-order valence-electron chi connectivity index (χ4n) is 2.09. The van der Waals surface area contributed by atoms with Gasteiger partial charge in [0.25, 0.3) is 0 Å². The normalized spacial score (nSPS) is 15.8. The summed E-state index contributed by atoms with van der Waals surface area (Å²) >= 11 is 1.12. The number of sulfonamides is 1. The summed E-state index contributed by atoms with van der Waals surface area (Å²) in [4.78, 5) is 12.0. The molecule has 1 aromatic rings. The number of aryl methyl sites for hydroxylation is 1. The zero-order chi connectivity index (χ0) is 14.2. The van der Waals surface area contributed by atoms with Crippen LogP contribution in [0.2, 0.25) is 0 Å². The van der Waals surface area contributed by atoms with E-state index in [1.807, 2.05) is 6.92 Å². The largest absolute Gasteiger partial charge is 0.465 e. The van der Waals surface area contributed by atoms with Crippen molar-refractivity contribution in [1.82, 2.24) is 4.31 Å². The second kappa shape index (κ2) is 5.22. The summed E-state index contributed by atoms with van der Waals surface area (Å²) in [6, 6.07) is 0.0831. The van der Waals surface area contributed by atoms with Gasteiger partial charge in [0.2, 0.25) is 10.0 Å². The van der Waals surface area contributed by atoms with Gasteiger partial charge in [-0.3, -0.25) is 0 Å². The molecule has 106 valence electrons. The van der Waals surface area contributed by atoms with Crippen molar-refractivity contribution < 1.29 is 17.9 Å². The van der Waals surface area contributed by atoms with Crippen molar-refractivity contribution >= 4 is 27.3 Å². The van der Waals surface area contributed by atoms with Crippen LogP contribution >= 0.6 is 11.3 Å². The smallest absolute Gasteiger partial charge is 0.349 e. The number of esters is 1. The molecule has 1 saturated carbocycles. The van der Waals surface area contributed by atoms with E-state index >= 15 is 0 Å². The van der Waals surface area contributed by atoms with Gasteiger partial charge in [0.15, 0.2) is 0 Å². The van der Waals surface area contributed by atoms with Gasteiger partial charge in [0.05, 0.1) is 7.11 Å². The molecule has 1 fully saturated rings. The Labute approximate surface area is 117 Å². The molecule has 0 saturated heterocycles. The Morgan fingerprint density at radius 3 is 2.63 bits per heavy atom. The lowest BCUT2D eigenvalue weighted by atomic mass is 10.3. The summed E-state index contributed by atoms with van der Waals surface area (Å²) in [5.41, 5.74) is 0.601. The van der Waals surface area contributed by atoms with E-state index in [0.717, 1.165) is 24.2 Å². The third kappa shape index (κ3) is 2.54. The summed E-state index contributed by atoms with van der Waals surface area (Å²) < 4.78 is 31.5. The second-order valence-electron chi connectivity index (χ2n) is 4.51. The van der Waals surface area contributed by atoms with Crippen LogP contribution < -0.4 is 0 Å². The maximum atomic E-state index is 12.7. The molecule has 1 aromatic heterocycles. The molecular weight excluding hydrogens is 286 g/mol. The van der Waals surface area contributed by atoms with Gasteiger partial charge in [-0.05, 0) is 30.7 Å². The predicted molar refractivity (Wildman–Crippen MR) is 73.0 cm³/mol. The van der Waals surface area contributed by atoms with Crippen LogP contribution in [-0.2, 0) is 14.8 Å². The quantitative estimate of drug-likeness (QED) is 0.781. The molecule has 1 aliphatic carbocycles. The topological polar surface area (TPSA) is 63.7 Å². The van der Waals surface area contributed by atoms with Gasteiger partial charge in [0, 0.05) is 12.6 Å². The molecule has 19 heavy (non-hydrogen) atoms. The monoisotopic (exact) mass is 303 g/mol. The van der Waals surface area contributed by atoms with Gasteiger partial charge in [-0.1, -0.05) is 6.92 Å². The first-order chi connectivity index (χ1) is 8.93. The van der Waals surface area contributed by atoms with Crippen molar-refractivity contribution in [2.45, 2.75) is 37.6 Å². The lowest BCUT2D eigenvalue weighted by Gasteiger charge is -2.20. The van der Waals surface area contributed by atoms with Gasteiger partial charge in [0.1, 0.15) is 9.77 Å².